The molecule has 140 valence electrons. The number of hydrogen-bond donors (Lipinski definition) is 1. The van der Waals surface area contributed by atoms with Gasteiger partial charge in [-0.3, -0.25) is 9.69 Å². The molecule has 3 heterocycles. The van der Waals surface area contributed by atoms with Gasteiger partial charge in [0.05, 0.1) is 12.3 Å². The Morgan fingerprint density at radius 2 is 1.85 bits per heavy atom. The highest BCUT2D eigenvalue weighted by Gasteiger charge is 2.31. The first kappa shape index (κ1) is 18.0. The first-order chi connectivity index (χ1) is 13.1. The quantitative estimate of drug-likeness (QED) is 0.645. The number of aryl methyl sites for hydroxylation is 1. The van der Waals surface area contributed by atoms with Crippen molar-refractivity contribution in [1.29, 1.82) is 0 Å². The highest BCUT2D eigenvalue weighted by Crippen LogP contribution is 2.43. The lowest BCUT2D eigenvalue weighted by Crippen LogP contribution is -2.27. The molecule has 1 aliphatic heterocycles. The summed E-state index contributed by atoms with van der Waals surface area (Å²) in [6.07, 6.45) is 3.97. The summed E-state index contributed by atoms with van der Waals surface area (Å²) in [5, 5.41) is 4.03. The summed E-state index contributed by atoms with van der Waals surface area (Å²) >= 11 is 1.65. The molecule has 1 aliphatic rings. The average molecular weight is 381 g/mol. The number of anilines is 1. The van der Waals surface area contributed by atoms with Crippen molar-refractivity contribution in [1.82, 2.24) is 4.90 Å². The normalized spacial score (nSPS) is 15.8. The largest absolute Gasteiger partial charge is 0.459 e. The van der Waals surface area contributed by atoms with Crippen molar-refractivity contribution >= 4 is 22.2 Å². The van der Waals surface area contributed by atoms with Crippen LogP contribution >= 0.6 is 11.3 Å². The third-order valence-corrected chi connectivity index (χ3v) is 6.44. The van der Waals surface area contributed by atoms with Gasteiger partial charge in [0.1, 0.15) is 5.00 Å². The Bertz CT molecular complexity index is 909. The van der Waals surface area contributed by atoms with E-state index in [4.69, 9.17) is 4.42 Å². The maximum absolute atomic E-state index is 12.6. The molecule has 2 aromatic heterocycles. The van der Waals surface area contributed by atoms with Gasteiger partial charge in [-0.25, -0.2) is 0 Å². The molecule has 3 aromatic rings. The number of rotatable bonds is 5. The van der Waals surface area contributed by atoms with Crippen LogP contribution in [0.15, 0.2) is 53.1 Å². The molecule has 5 heteroatoms. The fraction of sp³-hybridized carbons (Fsp3) is 0.318. The van der Waals surface area contributed by atoms with Crippen LogP contribution < -0.4 is 5.32 Å². The summed E-state index contributed by atoms with van der Waals surface area (Å²) < 4.78 is 5.27. The summed E-state index contributed by atoms with van der Waals surface area (Å²) in [5.41, 5.74) is 3.75. The standard InChI is InChI=1S/C22H24N2O2S/c1-15-16(2)27-22(23-21(25)18-11-8-14-26-18)19(15)20(24-12-6-7-13-24)17-9-4-3-5-10-17/h3-5,8-11,14,20H,6-7,12-13H2,1-2H3,(H,23,25). The third kappa shape index (κ3) is 3.57. The number of benzene rings is 1. The molecule has 0 bridgehead atoms. The SMILES string of the molecule is Cc1sc(NC(=O)c2ccco2)c(C(c2ccccc2)N2CCCC2)c1C. The highest BCUT2D eigenvalue weighted by atomic mass is 32.1. The van der Waals surface area contributed by atoms with Gasteiger partial charge in [-0.05, 0) is 63.0 Å². The second-order valence-corrected chi connectivity index (χ2v) is 8.24. The van der Waals surface area contributed by atoms with Gasteiger partial charge < -0.3 is 9.73 Å². The van der Waals surface area contributed by atoms with Crippen LogP contribution in [0.4, 0.5) is 5.00 Å². The van der Waals surface area contributed by atoms with E-state index in [1.54, 1.807) is 23.5 Å². The number of likely N-dealkylation sites (tertiary alicyclic amines) is 1. The Kier molecular flexibility index (Phi) is 5.14. The van der Waals surface area contributed by atoms with Crippen molar-refractivity contribution < 1.29 is 9.21 Å². The van der Waals surface area contributed by atoms with Crippen molar-refractivity contribution in [2.75, 3.05) is 18.4 Å². The Hall–Kier alpha value is -2.37. The maximum Gasteiger partial charge on any atom is 0.291 e. The van der Waals surface area contributed by atoms with E-state index in [9.17, 15) is 4.79 Å². The zero-order chi connectivity index (χ0) is 18.8. The summed E-state index contributed by atoms with van der Waals surface area (Å²) in [6, 6.07) is 14.2. The molecule has 4 nitrogen and oxygen atoms in total. The van der Waals surface area contributed by atoms with Crippen molar-refractivity contribution in [2.24, 2.45) is 0 Å². The lowest BCUT2D eigenvalue weighted by atomic mass is 9.95. The number of nitrogens with one attached hydrogen (secondary N) is 1. The van der Waals surface area contributed by atoms with Gasteiger partial charge >= 0.3 is 0 Å². The van der Waals surface area contributed by atoms with Crippen molar-refractivity contribution in [2.45, 2.75) is 32.7 Å². The van der Waals surface area contributed by atoms with Crippen molar-refractivity contribution in [3.05, 3.63) is 76.1 Å². The van der Waals surface area contributed by atoms with Gasteiger partial charge in [-0.2, -0.15) is 0 Å². The molecule has 1 amide bonds. The lowest BCUT2D eigenvalue weighted by molar-refractivity contribution is 0.0997. The Morgan fingerprint density at radius 1 is 1.11 bits per heavy atom. The smallest absolute Gasteiger partial charge is 0.291 e. The molecule has 1 unspecified atom stereocenters. The Morgan fingerprint density at radius 3 is 2.52 bits per heavy atom. The van der Waals surface area contributed by atoms with Gasteiger partial charge in [0, 0.05) is 10.4 Å². The number of hydrogen-bond acceptors (Lipinski definition) is 4. The van der Waals surface area contributed by atoms with Gasteiger partial charge in [-0.15, -0.1) is 11.3 Å². The van der Waals surface area contributed by atoms with Crippen LogP contribution in [0.1, 0.15) is 51.0 Å². The predicted octanol–water partition coefficient (Wildman–Crippen LogP) is 5.40. The number of nitrogens with zero attached hydrogens (tertiary/aromatic N) is 1. The van der Waals surface area contributed by atoms with E-state index in [1.165, 1.54) is 40.7 Å². The summed E-state index contributed by atoms with van der Waals surface area (Å²) in [4.78, 5) is 16.4. The van der Waals surface area contributed by atoms with E-state index in [0.29, 0.717) is 5.76 Å². The monoisotopic (exact) mass is 380 g/mol. The lowest BCUT2D eigenvalue weighted by Gasteiger charge is -2.29. The number of carbonyl (C=O) groups is 1. The molecule has 4 rings (SSSR count). The van der Waals surface area contributed by atoms with Crippen LogP contribution in [0, 0.1) is 13.8 Å². The third-order valence-electron chi connectivity index (χ3n) is 5.30. The van der Waals surface area contributed by atoms with Crippen LogP contribution in [0.25, 0.3) is 0 Å². The molecular weight excluding hydrogens is 356 g/mol. The zero-order valence-corrected chi connectivity index (χ0v) is 16.5. The summed E-state index contributed by atoms with van der Waals surface area (Å²) in [5.74, 6) is 0.137. The fourth-order valence-corrected chi connectivity index (χ4v) is 4.92. The van der Waals surface area contributed by atoms with Crippen molar-refractivity contribution in [3.63, 3.8) is 0 Å². The average Bonchev–Trinajstić information content (AvgIpc) is 3.42. The molecule has 1 saturated heterocycles. The van der Waals surface area contributed by atoms with Gasteiger partial charge in [0.25, 0.3) is 5.91 Å². The van der Waals surface area contributed by atoms with E-state index >= 15 is 0 Å². The molecule has 0 spiro atoms. The van der Waals surface area contributed by atoms with E-state index in [1.807, 2.05) is 0 Å². The predicted molar refractivity (Wildman–Crippen MR) is 110 cm³/mol. The van der Waals surface area contributed by atoms with Crippen LogP contribution in [0.5, 0.6) is 0 Å². The molecule has 1 N–H and O–H groups in total. The van der Waals surface area contributed by atoms with E-state index in [0.717, 1.165) is 18.1 Å². The molecule has 1 fully saturated rings. The van der Waals surface area contributed by atoms with Gasteiger partial charge in [0.15, 0.2) is 5.76 Å². The number of thiophene rings is 1. The minimum atomic E-state index is -0.198. The molecule has 0 radical (unpaired) electrons. The number of amides is 1. The number of furan rings is 1. The summed E-state index contributed by atoms with van der Waals surface area (Å²) in [7, 11) is 0. The van der Waals surface area contributed by atoms with Crippen LogP contribution in [0.2, 0.25) is 0 Å². The first-order valence-electron chi connectivity index (χ1n) is 9.39. The molecule has 1 atom stereocenters. The van der Waals surface area contributed by atoms with Crippen molar-refractivity contribution in [3.8, 4) is 0 Å². The molecular formula is C22H24N2O2S. The minimum absolute atomic E-state index is 0.158. The van der Waals surface area contributed by atoms with Crippen LogP contribution in [0.3, 0.4) is 0 Å². The molecule has 0 aliphatic carbocycles. The maximum atomic E-state index is 12.6. The van der Waals surface area contributed by atoms with Gasteiger partial charge in [-0.1, -0.05) is 30.3 Å². The molecule has 1 aromatic carbocycles. The van der Waals surface area contributed by atoms with Crippen LogP contribution in [-0.4, -0.2) is 23.9 Å². The summed E-state index contributed by atoms with van der Waals surface area (Å²) in [6.45, 7) is 6.45. The number of carbonyl (C=O) groups excluding carboxylic acids is 1. The molecule has 27 heavy (non-hydrogen) atoms. The van der Waals surface area contributed by atoms with Crippen LogP contribution in [-0.2, 0) is 0 Å². The second kappa shape index (κ2) is 7.71. The highest BCUT2D eigenvalue weighted by molar-refractivity contribution is 7.16. The Labute approximate surface area is 163 Å². The Balaban J connectivity index is 1.76. The fourth-order valence-electron chi connectivity index (χ4n) is 3.83. The zero-order valence-electron chi connectivity index (χ0n) is 15.7. The topological polar surface area (TPSA) is 45.5 Å². The van der Waals surface area contributed by atoms with Gasteiger partial charge in [0.2, 0.25) is 0 Å². The van der Waals surface area contributed by atoms with E-state index < -0.39 is 0 Å². The minimum Gasteiger partial charge on any atom is -0.459 e. The van der Waals surface area contributed by atoms with E-state index in [2.05, 4.69) is 54.4 Å². The first-order valence-corrected chi connectivity index (χ1v) is 10.2. The second-order valence-electron chi connectivity index (χ2n) is 7.01. The molecule has 0 saturated carbocycles. The van der Waals surface area contributed by atoms with E-state index in [-0.39, 0.29) is 11.9 Å².